The molecule has 86 valence electrons. The van der Waals surface area contributed by atoms with Crippen LogP contribution in [0, 0.1) is 17.8 Å². The largest absolute Gasteiger partial charge is 0.311 e. The zero-order valence-corrected chi connectivity index (χ0v) is 10.1. The summed E-state index contributed by atoms with van der Waals surface area (Å²) in [5, 5.41) is 3.81. The Kier molecular flexibility index (Phi) is 2.54. The summed E-state index contributed by atoms with van der Waals surface area (Å²) >= 11 is 0. The van der Waals surface area contributed by atoms with Crippen molar-refractivity contribution in [2.24, 2.45) is 17.8 Å². The zero-order chi connectivity index (χ0) is 10.3. The minimum Gasteiger partial charge on any atom is -0.311 e. The Bertz CT molecular complexity index is 229. The van der Waals surface area contributed by atoms with Gasteiger partial charge in [0.05, 0.1) is 0 Å². The Morgan fingerprint density at radius 3 is 2.73 bits per heavy atom. The Labute approximate surface area is 94.0 Å². The van der Waals surface area contributed by atoms with E-state index in [0.29, 0.717) is 5.54 Å². The molecule has 15 heavy (non-hydrogen) atoms. The molecule has 1 N–H and O–H groups in total. The highest BCUT2D eigenvalue weighted by atomic mass is 15.0. The Morgan fingerprint density at radius 2 is 2.20 bits per heavy atom. The fourth-order valence-corrected chi connectivity index (χ4v) is 4.62. The number of hydrogen-bond acceptors (Lipinski definition) is 1. The minimum atomic E-state index is 0.551. The summed E-state index contributed by atoms with van der Waals surface area (Å²) in [5.74, 6) is 3.31. The molecule has 0 aromatic rings. The molecule has 2 bridgehead atoms. The first kappa shape index (κ1) is 10.1. The molecule has 1 aliphatic heterocycles. The van der Waals surface area contributed by atoms with E-state index in [1.54, 1.807) is 25.7 Å². The van der Waals surface area contributed by atoms with E-state index < -0.39 is 0 Å². The van der Waals surface area contributed by atoms with E-state index in [-0.39, 0.29) is 0 Å². The lowest BCUT2D eigenvalue weighted by atomic mass is 9.77. The quantitative estimate of drug-likeness (QED) is 0.748. The second-order valence-corrected chi connectivity index (χ2v) is 6.30. The topological polar surface area (TPSA) is 12.0 Å². The van der Waals surface area contributed by atoms with Crippen LogP contribution in [-0.2, 0) is 0 Å². The van der Waals surface area contributed by atoms with Crippen LogP contribution in [0.25, 0.3) is 0 Å². The van der Waals surface area contributed by atoms with Crippen LogP contribution in [0.1, 0.15) is 58.3 Å². The van der Waals surface area contributed by atoms with Gasteiger partial charge in [0.15, 0.2) is 0 Å². The molecule has 2 saturated carbocycles. The lowest BCUT2D eigenvalue weighted by Crippen LogP contribution is -2.41. The van der Waals surface area contributed by atoms with Crippen LogP contribution in [0.2, 0.25) is 0 Å². The van der Waals surface area contributed by atoms with Gasteiger partial charge in [-0.05, 0) is 69.2 Å². The molecule has 0 radical (unpaired) electrons. The second-order valence-electron chi connectivity index (χ2n) is 6.30. The lowest BCUT2D eigenvalue weighted by Gasteiger charge is -2.34. The van der Waals surface area contributed by atoms with Crippen LogP contribution in [-0.4, -0.2) is 12.1 Å². The van der Waals surface area contributed by atoms with Crippen LogP contribution >= 0.6 is 0 Å². The standard InChI is InChI=1S/C14H25N/c1-2-14(6-3-7-15-14)10-13-9-11-4-5-12(13)8-11/h11-13,15H,2-10H2,1H3. The molecule has 0 spiro atoms. The van der Waals surface area contributed by atoms with Gasteiger partial charge >= 0.3 is 0 Å². The van der Waals surface area contributed by atoms with Crippen molar-refractivity contribution in [3.8, 4) is 0 Å². The Balaban J connectivity index is 1.64. The van der Waals surface area contributed by atoms with Gasteiger partial charge in [-0.3, -0.25) is 0 Å². The average Bonchev–Trinajstić information content (AvgIpc) is 2.93. The molecule has 1 nitrogen and oxygen atoms in total. The number of rotatable bonds is 3. The molecular formula is C14H25N. The molecular weight excluding hydrogens is 182 g/mol. The van der Waals surface area contributed by atoms with Crippen LogP contribution in [0.3, 0.4) is 0 Å². The van der Waals surface area contributed by atoms with Crippen LogP contribution in [0.15, 0.2) is 0 Å². The molecule has 0 aromatic carbocycles. The van der Waals surface area contributed by atoms with Gasteiger partial charge < -0.3 is 5.32 Å². The lowest BCUT2D eigenvalue weighted by molar-refractivity contribution is 0.217. The monoisotopic (exact) mass is 207 g/mol. The summed E-state index contributed by atoms with van der Waals surface area (Å²) in [5.41, 5.74) is 0.551. The predicted molar refractivity (Wildman–Crippen MR) is 63.8 cm³/mol. The second kappa shape index (κ2) is 3.76. The molecule has 3 aliphatic rings. The summed E-state index contributed by atoms with van der Waals surface area (Å²) in [6.45, 7) is 3.65. The highest BCUT2D eigenvalue weighted by Crippen LogP contribution is 2.51. The SMILES string of the molecule is CCC1(CC2CC3CCC2C3)CCCN1. The third-order valence-corrected chi connectivity index (χ3v) is 5.55. The van der Waals surface area contributed by atoms with Gasteiger partial charge in [0.2, 0.25) is 0 Å². The first-order valence-electron chi connectivity index (χ1n) is 7.06. The van der Waals surface area contributed by atoms with Gasteiger partial charge in [-0.1, -0.05) is 13.3 Å². The molecule has 1 saturated heterocycles. The maximum Gasteiger partial charge on any atom is 0.0182 e. The van der Waals surface area contributed by atoms with Crippen molar-refractivity contribution in [3.63, 3.8) is 0 Å². The Morgan fingerprint density at radius 1 is 1.27 bits per heavy atom. The summed E-state index contributed by atoms with van der Waals surface area (Å²) in [4.78, 5) is 0. The van der Waals surface area contributed by atoms with Crippen molar-refractivity contribution in [2.75, 3.05) is 6.54 Å². The van der Waals surface area contributed by atoms with Crippen molar-refractivity contribution in [2.45, 2.75) is 63.8 Å². The third-order valence-electron chi connectivity index (χ3n) is 5.55. The van der Waals surface area contributed by atoms with Gasteiger partial charge in [0.25, 0.3) is 0 Å². The van der Waals surface area contributed by atoms with Gasteiger partial charge in [0, 0.05) is 5.54 Å². The molecule has 4 unspecified atom stereocenters. The minimum absolute atomic E-state index is 0.551. The number of hydrogen-bond donors (Lipinski definition) is 1. The van der Waals surface area contributed by atoms with Crippen molar-refractivity contribution in [1.82, 2.24) is 5.32 Å². The van der Waals surface area contributed by atoms with Gasteiger partial charge in [-0.15, -0.1) is 0 Å². The molecule has 0 aromatic heterocycles. The van der Waals surface area contributed by atoms with Gasteiger partial charge in [-0.25, -0.2) is 0 Å². The molecule has 3 fully saturated rings. The third kappa shape index (κ3) is 1.73. The van der Waals surface area contributed by atoms with Crippen molar-refractivity contribution in [1.29, 1.82) is 0 Å². The van der Waals surface area contributed by atoms with Crippen molar-refractivity contribution in [3.05, 3.63) is 0 Å². The van der Waals surface area contributed by atoms with Crippen LogP contribution in [0.5, 0.6) is 0 Å². The predicted octanol–water partition coefficient (Wildman–Crippen LogP) is 3.34. The fraction of sp³-hybridized carbons (Fsp3) is 1.00. The van der Waals surface area contributed by atoms with E-state index in [1.807, 2.05) is 0 Å². The normalized spacial score (nSPS) is 49.0. The summed E-state index contributed by atoms with van der Waals surface area (Å²) in [6, 6.07) is 0. The molecule has 3 rings (SSSR count). The zero-order valence-electron chi connectivity index (χ0n) is 10.1. The van der Waals surface area contributed by atoms with E-state index in [4.69, 9.17) is 0 Å². The molecule has 2 aliphatic carbocycles. The van der Waals surface area contributed by atoms with Gasteiger partial charge in [0.1, 0.15) is 0 Å². The van der Waals surface area contributed by atoms with Crippen LogP contribution in [0.4, 0.5) is 0 Å². The molecule has 0 amide bonds. The maximum absolute atomic E-state index is 3.81. The maximum atomic E-state index is 3.81. The van der Waals surface area contributed by atoms with E-state index in [1.165, 1.54) is 32.2 Å². The van der Waals surface area contributed by atoms with E-state index in [0.717, 1.165) is 17.8 Å². The van der Waals surface area contributed by atoms with Gasteiger partial charge in [-0.2, -0.15) is 0 Å². The first-order chi connectivity index (χ1) is 7.31. The van der Waals surface area contributed by atoms with E-state index in [2.05, 4.69) is 12.2 Å². The number of fused-ring (bicyclic) bond motifs is 2. The highest BCUT2D eigenvalue weighted by molar-refractivity contribution is 4.98. The molecule has 4 atom stereocenters. The summed E-state index contributed by atoms with van der Waals surface area (Å²) in [7, 11) is 0. The van der Waals surface area contributed by atoms with E-state index in [9.17, 15) is 0 Å². The Hall–Kier alpha value is -0.0400. The van der Waals surface area contributed by atoms with Crippen molar-refractivity contribution >= 4 is 0 Å². The molecule has 1 heterocycles. The fourth-order valence-electron chi connectivity index (χ4n) is 4.62. The number of nitrogens with one attached hydrogen (secondary N) is 1. The molecule has 1 heteroatoms. The van der Waals surface area contributed by atoms with Crippen LogP contribution < -0.4 is 5.32 Å². The van der Waals surface area contributed by atoms with Crippen molar-refractivity contribution < 1.29 is 0 Å². The summed E-state index contributed by atoms with van der Waals surface area (Å²) in [6.07, 6.45) is 11.9. The highest BCUT2D eigenvalue weighted by Gasteiger charge is 2.43. The van der Waals surface area contributed by atoms with E-state index >= 15 is 0 Å². The summed E-state index contributed by atoms with van der Waals surface area (Å²) < 4.78 is 0. The average molecular weight is 207 g/mol. The smallest absolute Gasteiger partial charge is 0.0182 e. The first-order valence-corrected chi connectivity index (χ1v) is 7.06.